The van der Waals surface area contributed by atoms with Crippen LogP contribution in [-0.4, -0.2) is 48.2 Å². The summed E-state index contributed by atoms with van der Waals surface area (Å²) in [4.78, 5) is 22.6. The van der Waals surface area contributed by atoms with E-state index in [0.29, 0.717) is 0 Å². The first-order valence-corrected chi connectivity index (χ1v) is 7.34. The second-order valence-electron chi connectivity index (χ2n) is 4.48. The molecule has 0 saturated heterocycles. The van der Waals surface area contributed by atoms with Crippen molar-refractivity contribution in [3.63, 3.8) is 0 Å². The number of rotatable bonds is 5. The van der Waals surface area contributed by atoms with Crippen LogP contribution in [0.4, 0.5) is 26.3 Å². The first kappa shape index (κ1) is 21.5. The first-order valence-electron chi connectivity index (χ1n) is 6.26. The Hall–Kier alpha value is -1.57. The normalized spacial score (nSPS) is 12.6. The van der Waals surface area contributed by atoms with Crippen LogP contribution in [0.15, 0.2) is 24.3 Å². The molecular weight excluding hydrogens is 477 g/mol. The number of halogens is 7. The molecule has 0 spiro atoms. The Labute approximate surface area is 150 Å². The number of hydrogen-bond acceptors (Lipinski definition) is 5. The minimum absolute atomic E-state index is 0.0776. The topological polar surface area (TPSA) is 72.8 Å². The fraction of sp³-hybridized carbons (Fsp3) is 0.385. The second kappa shape index (κ2) is 7.76. The highest BCUT2D eigenvalue weighted by molar-refractivity contribution is 14.1. The molecule has 0 radical (unpaired) electrons. The number of hydrogen-bond donors (Lipinski definition) is 1. The molecule has 0 aliphatic heterocycles. The largest absolute Gasteiger partial charge is 0.459 e. The second-order valence-corrected chi connectivity index (χ2v) is 5.73. The van der Waals surface area contributed by atoms with Crippen molar-refractivity contribution in [1.82, 2.24) is 0 Å². The summed E-state index contributed by atoms with van der Waals surface area (Å²) in [6, 6.07) is 5.87. The molecule has 1 rings (SSSR count). The number of carbonyl (C=O) groups excluding carboxylic acids is 2. The van der Waals surface area contributed by atoms with Crippen LogP contribution in [0.5, 0.6) is 0 Å². The van der Waals surface area contributed by atoms with E-state index in [4.69, 9.17) is 5.11 Å². The van der Waals surface area contributed by atoms with E-state index in [1.165, 1.54) is 12.1 Å². The third kappa shape index (κ3) is 4.96. The molecule has 0 aromatic heterocycles. The molecule has 0 saturated carbocycles. The lowest BCUT2D eigenvalue weighted by molar-refractivity contribution is -0.357. The zero-order valence-corrected chi connectivity index (χ0v) is 14.1. The molecule has 0 unspecified atom stereocenters. The van der Waals surface area contributed by atoms with E-state index >= 15 is 0 Å². The van der Waals surface area contributed by atoms with Crippen molar-refractivity contribution in [3.05, 3.63) is 33.4 Å². The van der Waals surface area contributed by atoms with Crippen molar-refractivity contribution < 1.29 is 50.5 Å². The number of carbonyl (C=O) groups is 2. The lowest BCUT2D eigenvalue weighted by Crippen LogP contribution is -2.63. The molecule has 0 bridgehead atoms. The smallest absolute Gasteiger partial charge is 0.437 e. The van der Waals surface area contributed by atoms with Crippen LogP contribution >= 0.6 is 22.6 Å². The van der Waals surface area contributed by atoms with Crippen molar-refractivity contribution in [1.29, 1.82) is 0 Å². The highest BCUT2D eigenvalue weighted by Crippen LogP contribution is 2.43. The molecule has 0 amide bonds. The summed E-state index contributed by atoms with van der Waals surface area (Å²) in [5, 5.41) is 8.73. The molecule has 0 heterocycles. The van der Waals surface area contributed by atoms with Gasteiger partial charge in [-0.25, -0.2) is 9.59 Å². The van der Waals surface area contributed by atoms with E-state index in [1.54, 1.807) is 12.1 Å². The summed E-state index contributed by atoms with van der Waals surface area (Å²) in [6.45, 7) is -1.91. The van der Waals surface area contributed by atoms with E-state index in [9.17, 15) is 35.9 Å². The Morgan fingerprint density at radius 3 is 1.80 bits per heavy atom. The van der Waals surface area contributed by atoms with Gasteiger partial charge >= 0.3 is 29.9 Å². The van der Waals surface area contributed by atoms with E-state index in [-0.39, 0.29) is 5.56 Å². The van der Waals surface area contributed by atoms with Gasteiger partial charge in [-0.15, -0.1) is 0 Å². The van der Waals surface area contributed by atoms with Crippen molar-refractivity contribution >= 4 is 34.5 Å². The minimum Gasteiger partial charge on any atom is -0.459 e. The van der Waals surface area contributed by atoms with Gasteiger partial charge in [0.15, 0.2) is 0 Å². The van der Waals surface area contributed by atoms with Crippen LogP contribution in [0.1, 0.15) is 10.4 Å². The molecule has 0 fully saturated rings. The predicted octanol–water partition coefficient (Wildman–Crippen LogP) is 2.85. The van der Waals surface area contributed by atoms with Gasteiger partial charge in [0, 0.05) is 3.57 Å². The molecule has 25 heavy (non-hydrogen) atoms. The summed E-state index contributed by atoms with van der Waals surface area (Å²) in [5.74, 6) is -3.88. The van der Waals surface area contributed by atoms with Crippen LogP contribution in [-0.2, 0) is 14.3 Å². The Morgan fingerprint density at radius 2 is 1.36 bits per heavy atom. The quantitative estimate of drug-likeness (QED) is 0.300. The molecule has 5 nitrogen and oxygen atoms in total. The third-order valence-corrected chi connectivity index (χ3v) is 3.46. The monoisotopic (exact) mass is 486 g/mol. The van der Waals surface area contributed by atoms with Gasteiger partial charge in [-0.1, -0.05) is 0 Å². The molecule has 140 valence electrons. The standard InChI is InChI=1S/C13H9F6IO5/c14-12(15,16)11(23,13(17,18)19)10(22)25-6-5-24-9(21)7-1-3-8(20)4-2-7/h1-4,23H,5-6H2. The molecule has 0 aliphatic carbocycles. The van der Waals surface area contributed by atoms with Gasteiger partial charge in [0.2, 0.25) is 0 Å². The lowest BCUT2D eigenvalue weighted by Gasteiger charge is -2.29. The zero-order valence-electron chi connectivity index (χ0n) is 11.9. The van der Waals surface area contributed by atoms with Gasteiger partial charge < -0.3 is 14.6 Å². The van der Waals surface area contributed by atoms with Crippen LogP contribution in [0.3, 0.4) is 0 Å². The number of ether oxygens (including phenoxy) is 2. The van der Waals surface area contributed by atoms with Crippen molar-refractivity contribution in [2.24, 2.45) is 0 Å². The van der Waals surface area contributed by atoms with Gasteiger partial charge in [0.25, 0.3) is 0 Å². The molecule has 0 aliphatic rings. The average molecular weight is 486 g/mol. The van der Waals surface area contributed by atoms with Crippen LogP contribution in [0.2, 0.25) is 0 Å². The fourth-order valence-electron chi connectivity index (χ4n) is 1.43. The zero-order chi connectivity index (χ0) is 19.5. The Kier molecular flexibility index (Phi) is 6.67. The molecule has 0 atom stereocenters. The van der Waals surface area contributed by atoms with Gasteiger partial charge in [-0.05, 0) is 46.9 Å². The summed E-state index contributed by atoms with van der Waals surface area (Å²) < 4.78 is 83.4. The van der Waals surface area contributed by atoms with E-state index < -0.39 is 43.1 Å². The maximum absolute atomic E-state index is 12.4. The van der Waals surface area contributed by atoms with Crippen molar-refractivity contribution in [2.45, 2.75) is 18.0 Å². The fourth-order valence-corrected chi connectivity index (χ4v) is 1.79. The number of alkyl halides is 6. The van der Waals surface area contributed by atoms with Gasteiger partial charge in [-0.2, -0.15) is 26.3 Å². The van der Waals surface area contributed by atoms with E-state index in [0.717, 1.165) is 3.57 Å². The lowest BCUT2D eigenvalue weighted by atomic mass is 10.0. The van der Waals surface area contributed by atoms with Gasteiger partial charge in [0.05, 0.1) is 5.56 Å². The predicted molar refractivity (Wildman–Crippen MR) is 77.5 cm³/mol. The summed E-state index contributed by atoms with van der Waals surface area (Å²) >= 11 is 1.96. The Morgan fingerprint density at radius 1 is 0.920 bits per heavy atom. The maximum Gasteiger partial charge on any atom is 0.437 e. The Bertz CT molecular complexity index is 611. The van der Waals surface area contributed by atoms with Gasteiger partial charge in [0.1, 0.15) is 13.2 Å². The molecule has 1 N–H and O–H groups in total. The van der Waals surface area contributed by atoms with Crippen molar-refractivity contribution in [2.75, 3.05) is 13.2 Å². The summed E-state index contributed by atoms with van der Waals surface area (Å²) in [5.41, 5.74) is -5.59. The molecule has 12 heteroatoms. The molecule has 1 aromatic rings. The minimum atomic E-state index is -6.33. The van der Waals surface area contributed by atoms with Crippen LogP contribution in [0, 0.1) is 3.57 Å². The highest BCUT2D eigenvalue weighted by atomic mass is 127. The third-order valence-electron chi connectivity index (χ3n) is 2.75. The van der Waals surface area contributed by atoms with Crippen molar-refractivity contribution in [3.8, 4) is 0 Å². The SMILES string of the molecule is O=C(OCCOC(=O)C(O)(C(F)(F)F)C(F)(F)F)c1ccc(I)cc1. The summed E-state index contributed by atoms with van der Waals surface area (Å²) in [7, 11) is 0. The first-order chi connectivity index (χ1) is 11.3. The maximum atomic E-state index is 12.4. The highest BCUT2D eigenvalue weighted by Gasteiger charge is 2.76. The number of esters is 2. The Balaban J connectivity index is 2.61. The number of aliphatic hydroxyl groups is 1. The van der Waals surface area contributed by atoms with Crippen LogP contribution in [0.25, 0.3) is 0 Å². The van der Waals surface area contributed by atoms with Crippen LogP contribution < -0.4 is 0 Å². The summed E-state index contributed by atoms with van der Waals surface area (Å²) in [6.07, 6.45) is -12.7. The van der Waals surface area contributed by atoms with E-state index in [1.807, 2.05) is 22.6 Å². The molecule has 1 aromatic carbocycles. The molecular formula is C13H9F6IO5. The number of benzene rings is 1. The average Bonchev–Trinajstić information content (AvgIpc) is 2.48. The van der Waals surface area contributed by atoms with Gasteiger partial charge in [-0.3, -0.25) is 0 Å². The van der Waals surface area contributed by atoms with E-state index in [2.05, 4.69) is 9.47 Å².